The van der Waals surface area contributed by atoms with Crippen molar-refractivity contribution < 1.29 is 4.79 Å². The third-order valence-electron chi connectivity index (χ3n) is 4.67. The summed E-state index contributed by atoms with van der Waals surface area (Å²) in [6.07, 6.45) is 8.18. The Morgan fingerprint density at radius 1 is 1.27 bits per heavy atom. The minimum atomic E-state index is 0.0599. The van der Waals surface area contributed by atoms with Crippen LogP contribution in [0.15, 0.2) is 41.4 Å². The monoisotopic (exact) mass is 414 g/mol. The molecule has 3 heterocycles. The van der Waals surface area contributed by atoms with Crippen molar-refractivity contribution in [1.82, 2.24) is 24.8 Å². The van der Waals surface area contributed by atoms with Gasteiger partial charge >= 0.3 is 0 Å². The van der Waals surface area contributed by atoms with Gasteiger partial charge < -0.3 is 15.2 Å². The van der Waals surface area contributed by atoms with E-state index in [1.165, 1.54) is 0 Å². The van der Waals surface area contributed by atoms with Crippen LogP contribution < -0.4 is 5.32 Å². The number of amides is 1. The molecular formula is C18H19BrN6O. The first-order valence-electron chi connectivity index (χ1n) is 8.66. The molecule has 2 N–H and O–H groups in total. The molecule has 1 fully saturated rings. The molecular weight excluding hydrogens is 396 g/mol. The summed E-state index contributed by atoms with van der Waals surface area (Å²) in [7, 11) is 0. The Hall–Kier alpha value is -2.48. The van der Waals surface area contributed by atoms with E-state index in [1.807, 2.05) is 23.1 Å². The number of carbonyl (C=O) groups is 1. The van der Waals surface area contributed by atoms with E-state index in [0.29, 0.717) is 18.1 Å². The van der Waals surface area contributed by atoms with Gasteiger partial charge in [-0.3, -0.25) is 4.79 Å². The van der Waals surface area contributed by atoms with Gasteiger partial charge in [0.1, 0.15) is 0 Å². The van der Waals surface area contributed by atoms with E-state index in [9.17, 15) is 4.79 Å². The molecule has 26 heavy (non-hydrogen) atoms. The first kappa shape index (κ1) is 17.0. The number of likely N-dealkylation sites (tertiary alicyclic amines) is 1. The maximum Gasteiger partial charge on any atom is 0.254 e. The van der Waals surface area contributed by atoms with E-state index in [0.717, 1.165) is 41.3 Å². The lowest BCUT2D eigenvalue weighted by Gasteiger charge is -2.36. The summed E-state index contributed by atoms with van der Waals surface area (Å²) in [6.45, 7) is 1.41. The fourth-order valence-electron chi connectivity index (χ4n) is 3.33. The highest BCUT2D eigenvalue weighted by molar-refractivity contribution is 9.10. The minimum absolute atomic E-state index is 0.0599. The number of aromatic amines is 1. The van der Waals surface area contributed by atoms with Crippen molar-refractivity contribution in [2.45, 2.75) is 25.3 Å². The average molecular weight is 415 g/mol. The molecule has 134 valence electrons. The number of rotatable bonds is 4. The van der Waals surface area contributed by atoms with Crippen molar-refractivity contribution in [2.24, 2.45) is 0 Å². The van der Waals surface area contributed by atoms with E-state index in [1.54, 1.807) is 18.7 Å². The van der Waals surface area contributed by atoms with Gasteiger partial charge in [0.2, 0.25) is 5.95 Å². The van der Waals surface area contributed by atoms with Crippen molar-refractivity contribution in [2.75, 3.05) is 18.4 Å². The molecule has 1 unspecified atom stereocenters. The largest absolute Gasteiger partial charge is 0.352 e. The van der Waals surface area contributed by atoms with Crippen molar-refractivity contribution in [3.8, 4) is 0 Å². The maximum absolute atomic E-state index is 13.1. The lowest BCUT2D eigenvalue weighted by molar-refractivity contribution is 0.0628. The first-order chi connectivity index (χ1) is 12.7. The highest BCUT2D eigenvalue weighted by Gasteiger charge is 2.27. The second kappa shape index (κ2) is 7.41. The third-order valence-corrected chi connectivity index (χ3v) is 5.08. The Bertz CT molecular complexity index is 909. The van der Waals surface area contributed by atoms with Crippen LogP contribution in [0.25, 0.3) is 11.0 Å². The van der Waals surface area contributed by atoms with Crippen LogP contribution in [-0.2, 0) is 0 Å². The summed E-state index contributed by atoms with van der Waals surface area (Å²) >= 11 is 3.33. The van der Waals surface area contributed by atoms with E-state index in [4.69, 9.17) is 0 Å². The lowest BCUT2D eigenvalue weighted by Crippen LogP contribution is -2.47. The molecule has 1 aliphatic rings. The highest BCUT2D eigenvalue weighted by Crippen LogP contribution is 2.21. The van der Waals surface area contributed by atoms with Gasteiger partial charge in [-0.05, 0) is 53.4 Å². The number of hydrogen-bond acceptors (Lipinski definition) is 5. The van der Waals surface area contributed by atoms with Crippen LogP contribution in [0.5, 0.6) is 0 Å². The number of H-pyrrole nitrogens is 1. The zero-order valence-corrected chi connectivity index (χ0v) is 15.7. The Morgan fingerprint density at radius 2 is 2.12 bits per heavy atom. The Balaban J connectivity index is 1.48. The van der Waals surface area contributed by atoms with Crippen LogP contribution in [0.4, 0.5) is 5.95 Å². The summed E-state index contributed by atoms with van der Waals surface area (Å²) < 4.78 is 0.840. The molecule has 0 spiro atoms. The van der Waals surface area contributed by atoms with Crippen LogP contribution in [0, 0.1) is 0 Å². The molecule has 1 aromatic carbocycles. The van der Waals surface area contributed by atoms with Crippen LogP contribution >= 0.6 is 15.9 Å². The Kier molecular flexibility index (Phi) is 4.83. The first-order valence-corrected chi connectivity index (χ1v) is 9.45. The zero-order valence-electron chi connectivity index (χ0n) is 14.2. The summed E-state index contributed by atoms with van der Waals surface area (Å²) in [6, 6.07) is 5.73. The number of nitrogens with zero attached hydrogens (tertiary/aromatic N) is 4. The number of carbonyl (C=O) groups excluding carboxylic acids is 1. The molecule has 3 aromatic rings. The summed E-state index contributed by atoms with van der Waals surface area (Å²) in [5.74, 6) is 0.634. The second-order valence-corrected chi connectivity index (χ2v) is 7.30. The number of benzene rings is 1. The molecule has 2 aromatic heterocycles. The number of hydrogen-bond donors (Lipinski definition) is 2. The number of fused-ring (bicyclic) bond motifs is 1. The predicted octanol–water partition coefficient (Wildman–Crippen LogP) is 3.22. The van der Waals surface area contributed by atoms with E-state index >= 15 is 0 Å². The number of imidazole rings is 1. The average Bonchev–Trinajstić information content (AvgIpc) is 3.15. The van der Waals surface area contributed by atoms with E-state index < -0.39 is 0 Å². The molecule has 8 heteroatoms. The number of aromatic nitrogens is 4. The SMILES string of the molecule is O=C(c1ccc2nc[nH]c2c1)N1CCCCC1CNc1ncc(Br)cn1. The molecule has 7 nitrogen and oxygen atoms in total. The molecule has 1 saturated heterocycles. The standard InChI is InChI=1S/C18H19BrN6O/c19-13-8-20-18(21-9-13)22-10-14-3-1-2-6-25(14)17(26)12-4-5-15-16(7-12)24-11-23-15/h4-5,7-9,11,14H,1-3,6,10H2,(H,23,24)(H,20,21,22). The number of anilines is 1. The van der Waals surface area contributed by atoms with Gasteiger partial charge in [0.15, 0.2) is 0 Å². The van der Waals surface area contributed by atoms with E-state index in [2.05, 4.69) is 41.2 Å². The molecule has 1 aliphatic heterocycles. The zero-order chi connectivity index (χ0) is 17.9. The van der Waals surface area contributed by atoms with Crippen molar-refractivity contribution in [1.29, 1.82) is 0 Å². The molecule has 1 atom stereocenters. The van der Waals surface area contributed by atoms with E-state index in [-0.39, 0.29) is 11.9 Å². The fraction of sp³-hybridized carbons (Fsp3) is 0.333. The summed E-state index contributed by atoms with van der Waals surface area (Å²) in [4.78, 5) is 30.8. The minimum Gasteiger partial charge on any atom is -0.352 e. The molecule has 0 saturated carbocycles. The number of piperidine rings is 1. The molecule has 0 aliphatic carbocycles. The van der Waals surface area contributed by atoms with Gasteiger partial charge in [0.25, 0.3) is 5.91 Å². The van der Waals surface area contributed by atoms with Crippen molar-refractivity contribution in [3.63, 3.8) is 0 Å². The summed E-state index contributed by atoms with van der Waals surface area (Å²) in [5, 5.41) is 3.25. The number of halogens is 1. The predicted molar refractivity (Wildman–Crippen MR) is 103 cm³/mol. The smallest absolute Gasteiger partial charge is 0.254 e. The third kappa shape index (κ3) is 3.55. The summed E-state index contributed by atoms with van der Waals surface area (Å²) in [5.41, 5.74) is 2.44. The maximum atomic E-state index is 13.1. The van der Waals surface area contributed by atoms with Crippen molar-refractivity contribution in [3.05, 3.63) is 47.0 Å². The van der Waals surface area contributed by atoms with Gasteiger partial charge in [-0.25, -0.2) is 15.0 Å². The molecule has 0 radical (unpaired) electrons. The van der Waals surface area contributed by atoms with Crippen LogP contribution in [0.3, 0.4) is 0 Å². The van der Waals surface area contributed by atoms with Crippen LogP contribution in [0.1, 0.15) is 29.6 Å². The van der Waals surface area contributed by atoms with Crippen molar-refractivity contribution >= 4 is 38.8 Å². The topological polar surface area (TPSA) is 86.8 Å². The van der Waals surface area contributed by atoms with Crippen LogP contribution in [0.2, 0.25) is 0 Å². The molecule has 0 bridgehead atoms. The van der Waals surface area contributed by atoms with Gasteiger partial charge in [-0.2, -0.15) is 0 Å². The lowest BCUT2D eigenvalue weighted by atomic mass is 10.0. The van der Waals surface area contributed by atoms with Gasteiger partial charge in [-0.1, -0.05) is 0 Å². The molecule has 1 amide bonds. The fourth-order valence-corrected chi connectivity index (χ4v) is 3.53. The molecule has 4 rings (SSSR count). The second-order valence-electron chi connectivity index (χ2n) is 6.39. The van der Waals surface area contributed by atoms with Gasteiger partial charge in [-0.15, -0.1) is 0 Å². The van der Waals surface area contributed by atoms with Crippen LogP contribution in [-0.4, -0.2) is 49.9 Å². The Morgan fingerprint density at radius 3 is 2.96 bits per heavy atom. The normalized spacial score (nSPS) is 17.4. The Labute approximate surface area is 159 Å². The van der Waals surface area contributed by atoms with Gasteiger partial charge in [0, 0.05) is 37.1 Å². The quantitative estimate of drug-likeness (QED) is 0.684. The number of nitrogens with one attached hydrogen (secondary N) is 2. The highest BCUT2D eigenvalue weighted by atomic mass is 79.9. The van der Waals surface area contributed by atoms with Gasteiger partial charge in [0.05, 0.1) is 21.8 Å².